The first-order valence-corrected chi connectivity index (χ1v) is 10.5. The molecular weight excluding hydrogens is 360 g/mol. The van der Waals surface area contributed by atoms with Gasteiger partial charge in [0.2, 0.25) is 11.8 Å². The van der Waals surface area contributed by atoms with Gasteiger partial charge in [-0.1, -0.05) is 61.0 Å². The first kappa shape index (κ1) is 22.7. The monoisotopic (exact) mass is 394 g/mol. The summed E-state index contributed by atoms with van der Waals surface area (Å²) in [5, 5.41) is 3.01. The highest BCUT2D eigenvalue weighted by Gasteiger charge is 2.26. The van der Waals surface area contributed by atoms with Gasteiger partial charge >= 0.3 is 0 Å². The topological polar surface area (TPSA) is 49.4 Å². The summed E-state index contributed by atoms with van der Waals surface area (Å²) >= 11 is 0. The molecule has 0 spiro atoms. The molecular formula is C25H34N2O2. The summed E-state index contributed by atoms with van der Waals surface area (Å²) in [6.45, 7) is 10.4. The minimum atomic E-state index is -0.509. The maximum Gasteiger partial charge on any atom is 0.242 e. The molecule has 0 aliphatic rings. The predicted molar refractivity (Wildman–Crippen MR) is 119 cm³/mol. The van der Waals surface area contributed by atoms with E-state index in [1.807, 2.05) is 58.9 Å². The van der Waals surface area contributed by atoms with E-state index in [0.717, 1.165) is 35.1 Å². The fourth-order valence-electron chi connectivity index (χ4n) is 3.29. The van der Waals surface area contributed by atoms with Crippen LogP contribution in [0.2, 0.25) is 0 Å². The van der Waals surface area contributed by atoms with Crippen molar-refractivity contribution in [3.05, 3.63) is 70.8 Å². The van der Waals surface area contributed by atoms with Crippen LogP contribution in [-0.2, 0) is 22.4 Å². The van der Waals surface area contributed by atoms with Crippen LogP contribution in [0.3, 0.4) is 0 Å². The van der Waals surface area contributed by atoms with E-state index < -0.39 is 6.04 Å². The maximum absolute atomic E-state index is 13.2. The third-order valence-electron chi connectivity index (χ3n) is 5.50. The van der Waals surface area contributed by atoms with Gasteiger partial charge in [-0.05, 0) is 57.2 Å². The summed E-state index contributed by atoms with van der Waals surface area (Å²) in [4.78, 5) is 27.7. The summed E-state index contributed by atoms with van der Waals surface area (Å²) in [5.41, 5.74) is 4.42. The molecule has 0 radical (unpaired) electrons. The Morgan fingerprint density at radius 1 is 1.03 bits per heavy atom. The summed E-state index contributed by atoms with van der Waals surface area (Å²) in [7, 11) is 0. The summed E-state index contributed by atoms with van der Waals surface area (Å²) in [5.74, 6) is -0.108. The zero-order valence-electron chi connectivity index (χ0n) is 18.4. The van der Waals surface area contributed by atoms with Gasteiger partial charge in [-0.25, -0.2) is 0 Å². The van der Waals surface area contributed by atoms with Crippen molar-refractivity contribution in [3.8, 4) is 0 Å². The molecule has 156 valence electrons. The average Bonchev–Trinajstić information content (AvgIpc) is 2.71. The third-order valence-corrected chi connectivity index (χ3v) is 5.50. The van der Waals surface area contributed by atoms with Gasteiger partial charge in [-0.3, -0.25) is 9.59 Å². The van der Waals surface area contributed by atoms with Crippen LogP contribution in [0.25, 0.3) is 0 Å². The number of nitrogens with one attached hydrogen (secondary N) is 1. The lowest BCUT2D eigenvalue weighted by Gasteiger charge is -2.30. The zero-order chi connectivity index (χ0) is 21.4. The molecule has 4 heteroatoms. The number of hydrogen-bond acceptors (Lipinski definition) is 2. The molecule has 0 fully saturated rings. The fourth-order valence-corrected chi connectivity index (χ4v) is 3.29. The van der Waals surface area contributed by atoms with Gasteiger partial charge in [0.05, 0.1) is 6.42 Å². The Kier molecular flexibility index (Phi) is 8.44. The van der Waals surface area contributed by atoms with Gasteiger partial charge < -0.3 is 10.2 Å². The number of aryl methyl sites for hydroxylation is 2. The second-order valence-corrected chi connectivity index (χ2v) is 7.92. The molecule has 0 saturated carbocycles. The normalized spacial score (nSPS) is 12.9. The minimum absolute atomic E-state index is 0.0126. The molecule has 4 nitrogen and oxygen atoms in total. The number of hydrogen-bond donors (Lipinski definition) is 1. The molecule has 2 aromatic rings. The molecule has 0 aliphatic carbocycles. The maximum atomic E-state index is 13.2. The second-order valence-electron chi connectivity index (χ2n) is 7.92. The minimum Gasteiger partial charge on any atom is -0.352 e. The lowest BCUT2D eigenvalue weighted by atomic mass is 10.0. The van der Waals surface area contributed by atoms with Crippen molar-refractivity contribution >= 4 is 11.8 Å². The number of nitrogens with zero attached hydrogens (tertiary/aromatic N) is 1. The Morgan fingerprint density at radius 2 is 1.72 bits per heavy atom. The quantitative estimate of drug-likeness (QED) is 0.692. The van der Waals surface area contributed by atoms with E-state index in [4.69, 9.17) is 0 Å². The smallest absolute Gasteiger partial charge is 0.242 e. The summed E-state index contributed by atoms with van der Waals surface area (Å²) in [6, 6.07) is 15.8. The molecule has 0 aliphatic heterocycles. The molecule has 1 N–H and O–H groups in total. The van der Waals surface area contributed by atoms with Crippen molar-refractivity contribution in [3.63, 3.8) is 0 Å². The van der Waals surface area contributed by atoms with Crippen LogP contribution < -0.4 is 5.32 Å². The van der Waals surface area contributed by atoms with Crippen molar-refractivity contribution in [2.45, 2.75) is 66.0 Å². The Labute approximate surface area is 175 Å². The van der Waals surface area contributed by atoms with E-state index in [1.54, 1.807) is 4.90 Å². The standard InChI is InChI=1S/C25H34N2O2/c1-6-20(4)26-25(29)21(5)27(15-14-22-10-8-7-9-11-22)24(28)17-23-16-18(2)12-13-19(23)3/h7-13,16,20-21H,6,14-15,17H2,1-5H3,(H,26,29)/t20-,21+/m1/s1. The lowest BCUT2D eigenvalue weighted by molar-refractivity contribution is -0.139. The number of amides is 2. The molecule has 29 heavy (non-hydrogen) atoms. The second kappa shape index (κ2) is 10.8. The Morgan fingerprint density at radius 3 is 2.38 bits per heavy atom. The highest BCUT2D eigenvalue weighted by atomic mass is 16.2. The van der Waals surface area contributed by atoms with E-state index in [-0.39, 0.29) is 17.9 Å². The van der Waals surface area contributed by atoms with E-state index in [0.29, 0.717) is 13.0 Å². The molecule has 0 aromatic heterocycles. The highest BCUT2D eigenvalue weighted by Crippen LogP contribution is 2.15. The van der Waals surface area contributed by atoms with Gasteiger partial charge in [0.25, 0.3) is 0 Å². The SMILES string of the molecule is CC[C@@H](C)NC(=O)[C@H](C)N(CCc1ccccc1)C(=O)Cc1cc(C)ccc1C. The largest absolute Gasteiger partial charge is 0.352 e. The van der Waals surface area contributed by atoms with Gasteiger partial charge in [0.15, 0.2) is 0 Å². The number of carbonyl (C=O) groups excluding carboxylic acids is 2. The first-order valence-electron chi connectivity index (χ1n) is 10.5. The Balaban J connectivity index is 2.18. The van der Waals surface area contributed by atoms with Crippen molar-refractivity contribution in [1.29, 1.82) is 0 Å². The van der Waals surface area contributed by atoms with Gasteiger partial charge in [0.1, 0.15) is 6.04 Å². The van der Waals surface area contributed by atoms with Crippen LogP contribution in [0.1, 0.15) is 49.4 Å². The molecule has 2 amide bonds. The van der Waals surface area contributed by atoms with E-state index in [9.17, 15) is 9.59 Å². The van der Waals surface area contributed by atoms with E-state index >= 15 is 0 Å². The summed E-state index contributed by atoms with van der Waals surface area (Å²) < 4.78 is 0. The molecule has 0 saturated heterocycles. The molecule has 2 atom stereocenters. The molecule has 0 heterocycles. The van der Waals surface area contributed by atoms with Crippen molar-refractivity contribution in [1.82, 2.24) is 10.2 Å². The number of carbonyl (C=O) groups is 2. The Hall–Kier alpha value is -2.62. The van der Waals surface area contributed by atoms with Crippen LogP contribution in [0.5, 0.6) is 0 Å². The zero-order valence-corrected chi connectivity index (χ0v) is 18.4. The van der Waals surface area contributed by atoms with Crippen LogP contribution in [0.4, 0.5) is 0 Å². The van der Waals surface area contributed by atoms with Crippen LogP contribution in [-0.4, -0.2) is 35.3 Å². The van der Waals surface area contributed by atoms with Crippen molar-refractivity contribution in [2.24, 2.45) is 0 Å². The average molecular weight is 395 g/mol. The van der Waals surface area contributed by atoms with Crippen molar-refractivity contribution in [2.75, 3.05) is 6.54 Å². The van der Waals surface area contributed by atoms with Crippen LogP contribution in [0, 0.1) is 13.8 Å². The van der Waals surface area contributed by atoms with Crippen LogP contribution >= 0.6 is 0 Å². The van der Waals surface area contributed by atoms with Crippen LogP contribution in [0.15, 0.2) is 48.5 Å². The van der Waals surface area contributed by atoms with Gasteiger partial charge in [-0.2, -0.15) is 0 Å². The highest BCUT2D eigenvalue weighted by molar-refractivity contribution is 5.88. The predicted octanol–water partition coefficient (Wildman–Crippen LogP) is 4.22. The molecule has 2 aromatic carbocycles. The fraction of sp³-hybridized carbons (Fsp3) is 0.440. The van der Waals surface area contributed by atoms with Gasteiger partial charge in [-0.15, -0.1) is 0 Å². The summed E-state index contributed by atoms with van der Waals surface area (Å²) in [6.07, 6.45) is 1.89. The van der Waals surface area contributed by atoms with E-state index in [2.05, 4.69) is 29.6 Å². The third kappa shape index (κ3) is 6.74. The van der Waals surface area contributed by atoms with Gasteiger partial charge in [0, 0.05) is 12.6 Å². The number of rotatable bonds is 9. The van der Waals surface area contributed by atoms with Crippen molar-refractivity contribution < 1.29 is 9.59 Å². The molecule has 0 bridgehead atoms. The Bertz CT molecular complexity index is 817. The number of benzene rings is 2. The first-order chi connectivity index (χ1) is 13.8. The van der Waals surface area contributed by atoms with E-state index in [1.165, 1.54) is 0 Å². The molecule has 2 rings (SSSR count). The lowest BCUT2D eigenvalue weighted by Crippen LogP contribution is -2.51. The molecule has 0 unspecified atom stereocenters.